The third-order valence-corrected chi connectivity index (χ3v) is 2.19. The summed E-state index contributed by atoms with van der Waals surface area (Å²) < 4.78 is 5.54. The van der Waals surface area contributed by atoms with Crippen LogP contribution in [0.5, 0.6) is 0 Å². The lowest BCUT2D eigenvalue weighted by Gasteiger charge is -2.27. The van der Waals surface area contributed by atoms with E-state index in [1.165, 1.54) is 0 Å². The van der Waals surface area contributed by atoms with Gasteiger partial charge in [-0.05, 0) is 27.2 Å². The molecule has 0 saturated carbocycles. The summed E-state index contributed by atoms with van der Waals surface area (Å²) in [6, 6.07) is 0. The Morgan fingerprint density at radius 1 is 1.53 bits per heavy atom. The van der Waals surface area contributed by atoms with Gasteiger partial charge in [0, 0.05) is 13.1 Å². The monoisotopic (exact) mass is 216 g/mol. The fraction of sp³-hybridized carbons (Fsp3) is 0.909. The maximum atomic E-state index is 11.5. The molecule has 0 aromatic carbocycles. The van der Waals surface area contributed by atoms with Gasteiger partial charge in [-0.1, -0.05) is 13.3 Å². The molecule has 3 N–H and O–H groups in total. The molecule has 4 nitrogen and oxygen atoms in total. The fourth-order valence-corrected chi connectivity index (χ4v) is 1.11. The lowest BCUT2D eigenvalue weighted by molar-refractivity contribution is -0.141. The SMILES string of the molecule is CCCCNC(=O)C(C)OC(C)(C)CN. The van der Waals surface area contributed by atoms with Gasteiger partial charge in [0.25, 0.3) is 0 Å². The van der Waals surface area contributed by atoms with Gasteiger partial charge in [-0.15, -0.1) is 0 Å². The Hall–Kier alpha value is -0.610. The first kappa shape index (κ1) is 14.4. The molecule has 1 amide bonds. The highest BCUT2D eigenvalue weighted by atomic mass is 16.5. The number of nitrogens with two attached hydrogens (primary N) is 1. The third-order valence-electron chi connectivity index (χ3n) is 2.19. The average molecular weight is 216 g/mol. The molecule has 0 heterocycles. The number of ether oxygens (including phenoxy) is 1. The number of rotatable bonds is 7. The number of nitrogens with one attached hydrogen (secondary N) is 1. The van der Waals surface area contributed by atoms with E-state index in [2.05, 4.69) is 12.2 Å². The van der Waals surface area contributed by atoms with Gasteiger partial charge in [0.05, 0.1) is 5.60 Å². The lowest BCUT2D eigenvalue weighted by Crippen LogP contribution is -2.43. The zero-order valence-corrected chi connectivity index (χ0v) is 10.3. The molecule has 0 spiro atoms. The van der Waals surface area contributed by atoms with Gasteiger partial charge in [-0.2, -0.15) is 0 Å². The van der Waals surface area contributed by atoms with Crippen molar-refractivity contribution in [1.29, 1.82) is 0 Å². The summed E-state index contributed by atoms with van der Waals surface area (Å²) in [6.07, 6.45) is 1.63. The van der Waals surface area contributed by atoms with Crippen molar-refractivity contribution in [2.24, 2.45) is 5.73 Å². The van der Waals surface area contributed by atoms with Gasteiger partial charge in [-0.3, -0.25) is 4.79 Å². The highest BCUT2D eigenvalue weighted by molar-refractivity contribution is 5.80. The maximum Gasteiger partial charge on any atom is 0.248 e. The molecule has 1 unspecified atom stereocenters. The van der Waals surface area contributed by atoms with Crippen LogP contribution in [-0.4, -0.2) is 30.7 Å². The summed E-state index contributed by atoms with van der Waals surface area (Å²) in [4.78, 5) is 11.5. The minimum absolute atomic E-state index is 0.0648. The van der Waals surface area contributed by atoms with E-state index in [9.17, 15) is 4.79 Å². The molecule has 0 fully saturated rings. The van der Waals surface area contributed by atoms with Crippen molar-refractivity contribution >= 4 is 5.91 Å². The van der Waals surface area contributed by atoms with Crippen molar-refractivity contribution in [3.05, 3.63) is 0 Å². The Balaban J connectivity index is 3.88. The second-order valence-corrected chi connectivity index (χ2v) is 4.37. The molecule has 1 atom stereocenters. The summed E-state index contributed by atoms with van der Waals surface area (Å²) >= 11 is 0. The molecule has 0 aromatic heterocycles. The molecular formula is C11H24N2O2. The first-order valence-electron chi connectivity index (χ1n) is 5.58. The topological polar surface area (TPSA) is 64.3 Å². The Kier molecular flexibility index (Phi) is 6.52. The minimum Gasteiger partial charge on any atom is -0.362 e. The maximum absolute atomic E-state index is 11.5. The number of hydrogen-bond donors (Lipinski definition) is 2. The summed E-state index contributed by atoms with van der Waals surface area (Å²) in [5.74, 6) is -0.0648. The molecular weight excluding hydrogens is 192 g/mol. The molecule has 0 aliphatic heterocycles. The van der Waals surface area contributed by atoms with E-state index < -0.39 is 11.7 Å². The predicted molar refractivity (Wildman–Crippen MR) is 61.6 cm³/mol. The van der Waals surface area contributed by atoms with Crippen LogP contribution >= 0.6 is 0 Å². The van der Waals surface area contributed by atoms with Crippen molar-refractivity contribution in [3.63, 3.8) is 0 Å². The Labute approximate surface area is 92.6 Å². The molecule has 90 valence electrons. The molecule has 0 aliphatic carbocycles. The summed E-state index contributed by atoms with van der Waals surface area (Å²) in [6.45, 7) is 8.71. The Morgan fingerprint density at radius 3 is 2.60 bits per heavy atom. The van der Waals surface area contributed by atoms with E-state index in [1.54, 1.807) is 6.92 Å². The van der Waals surface area contributed by atoms with Crippen LogP contribution in [-0.2, 0) is 9.53 Å². The minimum atomic E-state index is -0.444. The van der Waals surface area contributed by atoms with Crippen molar-refractivity contribution in [2.45, 2.75) is 52.2 Å². The molecule has 0 aromatic rings. The first-order chi connectivity index (χ1) is 6.93. The van der Waals surface area contributed by atoms with Crippen molar-refractivity contribution < 1.29 is 9.53 Å². The lowest BCUT2D eigenvalue weighted by atomic mass is 10.1. The standard InChI is InChI=1S/C11H24N2O2/c1-5-6-7-13-10(14)9(2)15-11(3,4)8-12/h9H,5-8,12H2,1-4H3,(H,13,14). The number of carbonyl (C=O) groups is 1. The van der Waals surface area contributed by atoms with E-state index in [4.69, 9.17) is 10.5 Å². The van der Waals surface area contributed by atoms with Crippen LogP contribution in [0.4, 0.5) is 0 Å². The predicted octanol–water partition coefficient (Wildman–Crippen LogP) is 1.05. The summed E-state index contributed by atoms with van der Waals surface area (Å²) in [7, 11) is 0. The van der Waals surface area contributed by atoms with E-state index in [-0.39, 0.29) is 5.91 Å². The Morgan fingerprint density at radius 2 is 2.13 bits per heavy atom. The third kappa shape index (κ3) is 6.47. The first-order valence-corrected chi connectivity index (χ1v) is 5.58. The molecule has 0 saturated heterocycles. The van der Waals surface area contributed by atoms with Crippen LogP contribution in [0.15, 0.2) is 0 Å². The summed E-state index contributed by atoms with van der Waals surface area (Å²) in [5, 5.41) is 2.83. The zero-order chi connectivity index (χ0) is 11.9. The van der Waals surface area contributed by atoms with Crippen molar-refractivity contribution in [3.8, 4) is 0 Å². The molecule has 0 radical (unpaired) electrons. The second kappa shape index (κ2) is 6.80. The van der Waals surface area contributed by atoms with E-state index in [0.29, 0.717) is 13.1 Å². The highest BCUT2D eigenvalue weighted by Gasteiger charge is 2.23. The van der Waals surface area contributed by atoms with E-state index in [0.717, 1.165) is 12.8 Å². The van der Waals surface area contributed by atoms with Gasteiger partial charge in [0.15, 0.2) is 0 Å². The number of hydrogen-bond acceptors (Lipinski definition) is 3. The zero-order valence-electron chi connectivity index (χ0n) is 10.3. The molecule has 4 heteroatoms. The number of amides is 1. The van der Waals surface area contributed by atoms with Crippen LogP contribution in [0.25, 0.3) is 0 Å². The van der Waals surface area contributed by atoms with Crippen LogP contribution in [0.2, 0.25) is 0 Å². The quantitative estimate of drug-likeness (QED) is 0.625. The molecule has 0 bridgehead atoms. The van der Waals surface area contributed by atoms with Gasteiger partial charge in [0.1, 0.15) is 6.10 Å². The molecule has 0 aliphatic rings. The second-order valence-electron chi connectivity index (χ2n) is 4.37. The number of carbonyl (C=O) groups excluding carboxylic acids is 1. The van der Waals surface area contributed by atoms with Gasteiger partial charge in [0.2, 0.25) is 5.91 Å². The van der Waals surface area contributed by atoms with Gasteiger partial charge in [-0.25, -0.2) is 0 Å². The van der Waals surface area contributed by atoms with Gasteiger partial charge >= 0.3 is 0 Å². The molecule has 15 heavy (non-hydrogen) atoms. The average Bonchev–Trinajstić information content (AvgIpc) is 2.17. The molecule has 0 rings (SSSR count). The van der Waals surface area contributed by atoms with Crippen molar-refractivity contribution in [2.75, 3.05) is 13.1 Å². The largest absolute Gasteiger partial charge is 0.362 e. The number of unbranched alkanes of at least 4 members (excludes halogenated alkanes) is 1. The van der Waals surface area contributed by atoms with Crippen LogP contribution in [0.3, 0.4) is 0 Å². The van der Waals surface area contributed by atoms with Crippen LogP contribution < -0.4 is 11.1 Å². The van der Waals surface area contributed by atoms with E-state index >= 15 is 0 Å². The highest BCUT2D eigenvalue weighted by Crippen LogP contribution is 2.10. The smallest absolute Gasteiger partial charge is 0.248 e. The summed E-state index contributed by atoms with van der Waals surface area (Å²) in [5.41, 5.74) is 5.08. The van der Waals surface area contributed by atoms with Crippen LogP contribution in [0, 0.1) is 0 Å². The van der Waals surface area contributed by atoms with E-state index in [1.807, 2.05) is 13.8 Å². The van der Waals surface area contributed by atoms with Crippen LogP contribution in [0.1, 0.15) is 40.5 Å². The Bertz CT molecular complexity index is 193. The fourth-order valence-electron chi connectivity index (χ4n) is 1.11. The normalized spacial score (nSPS) is 13.7. The van der Waals surface area contributed by atoms with Gasteiger partial charge < -0.3 is 15.8 Å². The van der Waals surface area contributed by atoms with Crippen molar-refractivity contribution in [1.82, 2.24) is 5.32 Å².